The van der Waals surface area contributed by atoms with E-state index in [0.717, 1.165) is 36.9 Å². The number of anilines is 1. The molecule has 1 atom stereocenters. The molecule has 1 fully saturated rings. The third-order valence-electron chi connectivity index (χ3n) is 4.87. The number of Topliss-reactive ketones (excluding diaryl/α,β-unsaturated/α-hetero) is 1. The number of hydrogen-bond donors (Lipinski definition) is 2. The standard InChI is InChI=1S/C21H25ClN2O3/c1-16(25)20-7-2-3-8-21(20)27-15-19(26)14-23-9-11-24(12-10-23)18-6-4-5-17(22)13-18/h2-8,13,19,26H,9-12,14-15H2,1H3/p+1/t19-/m1/s1. The molecular formula is C21H26ClN2O3+. The van der Waals surface area contributed by atoms with Crippen LogP contribution in [0.1, 0.15) is 17.3 Å². The van der Waals surface area contributed by atoms with Crippen LogP contribution in [-0.4, -0.2) is 56.3 Å². The molecule has 0 amide bonds. The fraction of sp³-hybridized carbons (Fsp3) is 0.381. The molecule has 1 saturated heterocycles. The van der Waals surface area contributed by atoms with Crippen molar-refractivity contribution in [2.45, 2.75) is 13.0 Å². The molecule has 1 aliphatic heterocycles. The highest BCUT2D eigenvalue weighted by atomic mass is 35.5. The van der Waals surface area contributed by atoms with E-state index in [2.05, 4.69) is 11.0 Å². The maximum Gasteiger partial charge on any atom is 0.163 e. The summed E-state index contributed by atoms with van der Waals surface area (Å²) in [5.74, 6) is 0.493. The summed E-state index contributed by atoms with van der Waals surface area (Å²) in [5, 5.41) is 11.1. The molecule has 3 rings (SSSR count). The van der Waals surface area contributed by atoms with Gasteiger partial charge in [-0.2, -0.15) is 0 Å². The van der Waals surface area contributed by atoms with Gasteiger partial charge in [0, 0.05) is 10.7 Å². The van der Waals surface area contributed by atoms with Crippen LogP contribution >= 0.6 is 11.6 Å². The highest BCUT2D eigenvalue weighted by Crippen LogP contribution is 2.20. The van der Waals surface area contributed by atoms with Crippen molar-refractivity contribution in [3.8, 4) is 5.75 Å². The highest BCUT2D eigenvalue weighted by molar-refractivity contribution is 6.30. The number of hydrogen-bond acceptors (Lipinski definition) is 4. The Morgan fingerprint density at radius 1 is 1.22 bits per heavy atom. The quantitative estimate of drug-likeness (QED) is 0.707. The largest absolute Gasteiger partial charge is 0.490 e. The fourth-order valence-corrected chi connectivity index (χ4v) is 3.60. The van der Waals surface area contributed by atoms with Crippen molar-refractivity contribution in [3.63, 3.8) is 0 Å². The summed E-state index contributed by atoms with van der Waals surface area (Å²) >= 11 is 6.08. The van der Waals surface area contributed by atoms with E-state index < -0.39 is 6.10 Å². The van der Waals surface area contributed by atoms with Crippen LogP contribution < -0.4 is 14.5 Å². The van der Waals surface area contributed by atoms with Gasteiger partial charge in [-0.05, 0) is 37.3 Å². The van der Waals surface area contributed by atoms with E-state index in [4.69, 9.17) is 16.3 Å². The number of rotatable bonds is 7. The van der Waals surface area contributed by atoms with Crippen LogP contribution in [0.3, 0.4) is 0 Å². The molecule has 0 bridgehead atoms. The van der Waals surface area contributed by atoms with E-state index in [0.29, 0.717) is 17.9 Å². The topological polar surface area (TPSA) is 54.2 Å². The number of quaternary nitrogens is 1. The monoisotopic (exact) mass is 389 g/mol. The summed E-state index contributed by atoms with van der Waals surface area (Å²) in [5.41, 5.74) is 1.69. The number of ketones is 1. The van der Waals surface area contributed by atoms with Crippen molar-refractivity contribution < 1.29 is 19.5 Å². The van der Waals surface area contributed by atoms with Gasteiger partial charge < -0.3 is 19.6 Å². The summed E-state index contributed by atoms with van der Waals surface area (Å²) in [6.07, 6.45) is -0.572. The van der Waals surface area contributed by atoms with E-state index in [9.17, 15) is 9.90 Å². The number of nitrogens with zero attached hydrogens (tertiary/aromatic N) is 1. The molecule has 2 aromatic carbocycles. The van der Waals surface area contributed by atoms with Crippen molar-refractivity contribution in [3.05, 3.63) is 59.1 Å². The molecule has 2 N–H and O–H groups in total. The minimum absolute atomic E-state index is 0.0390. The molecule has 0 aliphatic carbocycles. The van der Waals surface area contributed by atoms with Crippen LogP contribution in [0.5, 0.6) is 5.75 Å². The summed E-state index contributed by atoms with van der Waals surface area (Å²) in [7, 11) is 0. The van der Waals surface area contributed by atoms with Crippen molar-refractivity contribution in [2.24, 2.45) is 0 Å². The van der Waals surface area contributed by atoms with Gasteiger partial charge in [-0.1, -0.05) is 29.8 Å². The van der Waals surface area contributed by atoms with Gasteiger partial charge in [-0.3, -0.25) is 4.79 Å². The van der Waals surface area contributed by atoms with Gasteiger partial charge >= 0.3 is 0 Å². The van der Waals surface area contributed by atoms with Crippen LogP contribution in [0.25, 0.3) is 0 Å². The van der Waals surface area contributed by atoms with Crippen LogP contribution in [-0.2, 0) is 0 Å². The summed E-state index contributed by atoms with van der Waals surface area (Å²) in [4.78, 5) is 15.3. The van der Waals surface area contributed by atoms with Crippen molar-refractivity contribution >= 4 is 23.1 Å². The average Bonchev–Trinajstić information content (AvgIpc) is 2.67. The summed E-state index contributed by atoms with van der Waals surface area (Å²) in [6.45, 7) is 6.09. The van der Waals surface area contributed by atoms with Crippen molar-refractivity contribution in [1.82, 2.24) is 0 Å². The first-order valence-electron chi connectivity index (χ1n) is 9.28. The van der Waals surface area contributed by atoms with Crippen LogP contribution in [0.15, 0.2) is 48.5 Å². The number of aliphatic hydroxyl groups is 1. The summed E-state index contributed by atoms with van der Waals surface area (Å²) < 4.78 is 5.70. The van der Waals surface area contributed by atoms with Gasteiger partial charge in [0.2, 0.25) is 0 Å². The number of benzene rings is 2. The second-order valence-electron chi connectivity index (χ2n) is 6.94. The number of carbonyl (C=O) groups excluding carboxylic acids is 1. The number of halogens is 1. The van der Waals surface area contributed by atoms with Crippen LogP contribution in [0, 0.1) is 0 Å². The molecule has 0 unspecified atom stereocenters. The lowest BCUT2D eigenvalue weighted by Crippen LogP contribution is -3.16. The van der Waals surface area contributed by atoms with Gasteiger partial charge in [-0.25, -0.2) is 0 Å². The lowest BCUT2D eigenvalue weighted by atomic mass is 10.1. The molecule has 1 heterocycles. The van der Waals surface area contributed by atoms with Gasteiger partial charge in [0.15, 0.2) is 5.78 Å². The predicted octanol–water partition coefficient (Wildman–Crippen LogP) is 1.69. The first kappa shape index (κ1) is 19.7. The lowest BCUT2D eigenvalue weighted by Gasteiger charge is -2.34. The SMILES string of the molecule is CC(=O)c1ccccc1OC[C@H](O)C[NH+]1CCN(c2cccc(Cl)c2)CC1. The second kappa shape index (κ2) is 9.22. The highest BCUT2D eigenvalue weighted by Gasteiger charge is 2.23. The molecule has 1 aliphatic rings. The lowest BCUT2D eigenvalue weighted by molar-refractivity contribution is -0.903. The molecule has 0 aromatic heterocycles. The normalized spacial score (nSPS) is 16.2. The zero-order valence-electron chi connectivity index (χ0n) is 15.5. The third kappa shape index (κ3) is 5.45. The summed E-state index contributed by atoms with van der Waals surface area (Å²) in [6, 6.07) is 15.1. The number of ether oxygens (including phenoxy) is 1. The molecule has 0 radical (unpaired) electrons. The number of carbonyl (C=O) groups is 1. The number of nitrogens with one attached hydrogen (secondary N) is 1. The Bertz CT molecular complexity index is 776. The zero-order valence-corrected chi connectivity index (χ0v) is 16.3. The minimum Gasteiger partial charge on any atom is -0.490 e. The Kier molecular flexibility index (Phi) is 6.72. The molecule has 0 spiro atoms. The van der Waals surface area contributed by atoms with Gasteiger partial charge in [0.25, 0.3) is 0 Å². The zero-order chi connectivity index (χ0) is 19.2. The minimum atomic E-state index is -0.572. The molecule has 27 heavy (non-hydrogen) atoms. The molecule has 0 saturated carbocycles. The Hall–Kier alpha value is -2.08. The molecular weight excluding hydrogens is 364 g/mol. The first-order valence-corrected chi connectivity index (χ1v) is 9.65. The fourth-order valence-electron chi connectivity index (χ4n) is 3.42. The van der Waals surface area contributed by atoms with E-state index in [1.165, 1.54) is 11.8 Å². The number of para-hydroxylation sites is 1. The molecule has 6 heteroatoms. The van der Waals surface area contributed by atoms with E-state index >= 15 is 0 Å². The second-order valence-corrected chi connectivity index (χ2v) is 7.37. The van der Waals surface area contributed by atoms with E-state index in [1.807, 2.05) is 30.3 Å². The molecule has 5 nitrogen and oxygen atoms in total. The van der Waals surface area contributed by atoms with E-state index in [1.54, 1.807) is 12.1 Å². The van der Waals surface area contributed by atoms with Crippen LogP contribution in [0.2, 0.25) is 5.02 Å². The van der Waals surface area contributed by atoms with E-state index in [-0.39, 0.29) is 12.4 Å². The Morgan fingerprint density at radius 2 is 1.96 bits per heavy atom. The smallest absolute Gasteiger partial charge is 0.163 e. The van der Waals surface area contributed by atoms with Gasteiger partial charge in [0.05, 0.1) is 31.7 Å². The van der Waals surface area contributed by atoms with Crippen molar-refractivity contribution in [1.29, 1.82) is 0 Å². The van der Waals surface area contributed by atoms with Gasteiger partial charge in [0.1, 0.15) is 25.0 Å². The Morgan fingerprint density at radius 3 is 2.67 bits per heavy atom. The Balaban J connectivity index is 1.46. The van der Waals surface area contributed by atoms with Crippen LogP contribution in [0.4, 0.5) is 5.69 Å². The number of aliphatic hydroxyl groups excluding tert-OH is 1. The Labute approximate surface area is 165 Å². The third-order valence-corrected chi connectivity index (χ3v) is 5.10. The number of piperazine rings is 1. The van der Waals surface area contributed by atoms with Gasteiger partial charge in [-0.15, -0.1) is 0 Å². The molecule has 144 valence electrons. The molecule has 2 aromatic rings. The maximum atomic E-state index is 11.6. The van der Waals surface area contributed by atoms with Crippen molar-refractivity contribution in [2.75, 3.05) is 44.2 Å². The first-order chi connectivity index (χ1) is 13.0. The predicted molar refractivity (Wildman–Crippen MR) is 107 cm³/mol. The average molecular weight is 390 g/mol. The maximum absolute atomic E-state index is 11.6.